The van der Waals surface area contributed by atoms with E-state index >= 15 is 0 Å². The van der Waals surface area contributed by atoms with E-state index in [2.05, 4.69) is 137 Å². The summed E-state index contributed by atoms with van der Waals surface area (Å²) in [6.45, 7) is 8.58. The van der Waals surface area contributed by atoms with E-state index in [1.165, 1.54) is 65.8 Å². The summed E-state index contributed by atoms with van der Waals surface area (Å²) >= 11 is 11.0. The molecule has 6 aromatic carbocycles. The summed E-state index contributed by atoms with van der Waals surface area (Å²) in [4.78, 5) is 55.2. The van der Waals surface area contributed by atoms with Gasteiger partial charge in [0.15, 0.2) is 0 Å². The molecule has 8 heterocycles. The second kappa shape index (κ2) is 55.0. The number of nitriles is 6. The number of aromatic nitrogens is 8. The topological polar surface area (TPSA) is 511 Å². The van der Waals surface area contributed by atoms with Gasteiger partial charge in [0.2, 0.25) is 0 Å². The smallest absolute Gasteiger partial charge is 0.545 e. The van der Waals surface area contributed by atoms with Gasteiger partial charge in [-0.2, -0.15) is 31.6 Å². The van der Waals surface area contributed by atoms with Crippen LogP contribution in [-0.4, -0.2) is 51.8 Å². The molecule has 32 heteroatoms. The van der Waals surface area contributed by atoms with Crippen LogP contribution in [0.5, 0.6) is 0 Å². The van der Waals surface area contributed by atoms with E-state index in [9.17, 15) is 19.8 Å². The van der Waals surface area contributed by atoms with Crippen LogP contribution >= 0.6 is 23.2 Å². The molecule has 0 aliphatic rings. The van der Waals surface area contributed by atoms with Gasteiger partial charge in [-0.3, -0.25) is 39.9 Å². The molecular weight excluding hydrogens is 1530 g/mol. The number of nitrogens with zero attached hydrogens (tertiary/aromatic N) is 14. The van der Waals surface area contributed by atoms with E-state index in [4.69, 9.17) is 92.0 Å². The predicted octanol–water partition coefficient (Wildman–Crippen LogP) is 6.20. The average Bonchev–Trinajstić information content (AvgIpc) is 0.820. The number of carbonyl (C=O) groups excluding carboxylic acids is 2. The summed E-state index contributed by atoms with van der Waals surface area (Å²) < 4.78 is 67.9. The van der Waals surface area contributed by atoms with Crippen LogP contribution in [0.2, 0.25) is 10.0 Å². The molecule has 0 fully saturated rings. The van der Waals surface area contributed by atoms with E-state index in [0.717, 1.165) is 87.2 Å². The molecule has 14 rings (SSSR count). The number of halogens is 4. The normalized spacial score (nSPS) is 9.08. The molecule has 8 aromatic heterocycles. The predicted molar refractivity (Wildman–Crippen MR) is 367 cm³/mol. The molecule has 0 bridgehead atoms. The van der Waals surface area contributed by atoms with Crippen molar-refractivity contribution in [3.05, 3.63) is 265 Å². The summed E-state index contributed by atoms with van der Waals surface area (Å²) in [5, 5.41) is 73.9. The van der Waals surface area contributed by atoms with E-state index in [-0.39, 0.29) is 55.3 Å². The summed E-state index contributed by atoms with van der Waals surface area (Å²) in [6, 6.07) is 71.4. The number of pyridine rings is 8. The van der Waals surface area contributed by atoms with Crippen LogP contribution in [0.25, 0.3) is 87.2 Å². The minimum atomic E-state index is -4.94. The molecule has 0 aliphatic heterocycles. The molecule has 0 spiro atoms. The van der Waals surface area contributed by atoms with Crippen LogP contribution in [0.4, 0.5) is 0 Å². The quantitative estimate of drug-likeness (QED) is 0.137. The Balaban J connectivity index is 0. The van der Waals surface area contributed by atoms with Crippen molar-refractivity contribution in [2.24, 2.45) is 0 Å². The third-order valence-corrected chi connectivity index (χ3v) is 12.2. The first kappa shape index (κ1) is 96.4. The Bertz CT molecular complexity index is 4430. The van der Waals surface area contributed by atoms with Crippen molar-refractivity contribution in [2.45, 2.75) is 41.5 Å². The van der Waals surface area contributed by atoms with Crippen molar-refractivity contribution in [3.8, 4) is 36.4 Å². The molecule has 0 N–H and O–H groups in total. The number of hydrogen-bond donors (Lipinski definition) is 0. The van der Waals surface area contributed by atoms with Crippen LogP contribution in [0.1, 0.15) is 62.3 Å². The first-order valence-corrected chi connectivity index (χ1v) is 32.3. The zero-order chi connectivity index (χ0) is 77.9. The molecular formula is C74H58Cl4Mn2N14O12. The summed E-state index contributed by atoms with van der Waals surface area (Å²) in [5.74, 6) is -2.49. The molecule has 0 amide bonds. The van der Waals surface area contributed by atoms with Crippen LogP contribution in [0, 0.1) is 88.5 Å². The van der Waals surface area contributed by atoms with Gasteiger partial charge in [-0.25, -0.2) is 37.3 Å². The number of rotatable bonds is 2. The Kier molecular flexibility index (Phi) is 50.0. The SMILES string of the molecule is CC#N.CC#N.CC#N.CC#N.CC#N.CC#N.O=C([O-])c1ccccc1Cl.O=C([O-])c1ccccc1Cl.[Mn+2].[Mn+2].[O-][Cl+3]([O-])([O-])[O-].[O-][Cl+3]([O-])([O-])[O-].c1cnc2c(c1)ccc1cccnc12.c1cnc2c(c1)ccc1cccnc12.c1cnc2c(c1)ccc1cccnc12.c1cnc2c(c1)ccc1cccnc12. The molecule has 0 saturated heterocycles. The van der Waals surface area contributed by atoms with Gasteiger partial charge in [0.1, 0.15) is 0 Å². The first-order valence-electron chi connectivity index (χ1n) is 29.1. The Hall–Kier alpha value is -11.6. The molecule has 2 radical (unpaired) electrons. The van der Waals surface area contributed by atoms with Crippen molar-refractivity contribution < 1.29 is 112 Å². The van der Waals surface area contributed by atoms with Gasteiger partial charge in [0.25, 0.3) is 0 Å². The van der Waals surface area contributed by atoms with Crippen molar-refractivity contribution in [1.82, 2.24) is 39.9 Å². The molecule has 0 unspecified atom stereocenters. The number of benzene rings is 6. The number of carbonyl (C=O) groups is 2. The van der Waals surface area contributed by atoms with Gasteiger partial charge in [-0.15, -0.1) is 20.5 Å². The Labute approximate surface area is 643 Å². The largest absolute Gasteiger partial charge is 2.00 e. The van der Waals surface area contributed by atoms with Gasteiger partial charge >= 0.3 is 34.1 Å². The minimum absolute atomic E-state index is 0. The van der Waals surface area contributed by atoms with Crippen molar-refractivity contribution in [1.29, 1.82) is 31.6 Å². The Morgan fingerprint density at radius 3 is 0.500 bits per heavy atom. The minimum Gasteiger partial charge on any atom is -0.545 e. The van der Waals surface area contributed by atoms with Crippen molar-refractivity contribution in [3.63, 3.8) is 0 Å². The fourth-order valence-corrected chi connectivity index (χ4v) is 8.40. The molecule has 0 atom stereocenters. The second-order valence-corrected chi connectivity index (χ2v) is 20.8. The summed E-state index contributed by atoms with van der Waals surface area (Å²) in [5.41, 5.74) is 7.88. The van der Waals surface area contributed by atoms with Gasteiger partial charge in [0.05, 0.1) is 92.5 Å². The van der Waals surface area contributed by atoms with Crippen molar-refractivity contribution in [2.75, 3.05) is 0 Å². The number of aromatic carboxylic acids is 2. The molecule has 14 aromatic rings. The van der Waals surface area contributed by atoms with Gasteiger partial charge in [-0.05, 0) is 60.7 Å². The van der Waals surface area contributed by atoms with E-state index in [0.29, 0.717) is 0 Å². The number of hydrogen-bond acceptors (Lipinski definition) is 26. The van der Waals surface area contributed by atoms with E-state index in [1.807, 2.05) is 48.5 Å². The second-order valence-electron chi connectivity index (χ2n) is 18.5. The third kappa shape index (κ3) is 38.0. The number of carboxylic acids is 2. The molecule has 106 heavy (non-hydrogen) atoms. The van der Waals surface area contributed by atoms with Gasteiger partial charge in [-0.1, -0.05) is 157 Å². The fraction of sp³-hybridized carbons (Fsp3) is 0.0811. The molecule has 0 aliphatic carbocycles. The molecule has 0 saturated carbocycles. The summed E-state index contributed by atoms with van der Waals surface area (Å²) in [7, 11) is -9.89. The molecule has 26 nitrogen and oxygen atoms in total. The monoisotopic (exact) mass is 1580 g/mol. The van der Waals surface area contributed by atoms with Crippen LogP contribution in [0.15, 0.2) is 244 Å². The zero-order valence-corrected chi connectivity index (χ0v) is 61.9. The Morgan fingerprint density at radius 1 is 0.274 bits per heavy atom. The van der Waals surface area contributed by atoms with Crippen molar-refractivity contribution >= 4 is 122 Å². The standard InChI is InChI=1S/4C12H8N2.2C7H5ClO2.6C2H3N.2ClHO4.2Mn/c4*1-3-9-5-6-10-4-2-8-14-12(10)11(9)13-7-1;2*8-6-4-2-1-3-5(6)7(9)10;6*1-2-3;2*2-1(3,4)5;;/h4*1-8H;2*1-4H,(H,9,10);6*1H3;2*(H,2,3,4,5);;/q;;;;;;;;;;;;;;2*+2/p-4. The van der Waals surface area contributed by atoms with Crippen LogP contribution < -0.4 is 47.5 Å². The van der Waals surface area contributed by atoms with Crippen LogP contribution in [-0.2, 0) is 34.1 Å². The maximum absolute atomic E-state index is 10.2. The zero-order valence-electron chi connectivity index (χ0n) is 56.5. The van der Waals surface area contributed by atoms with Gasteiger partial charge in [0, 0.05) is 155 Å². The fourth-order valence-electron chi connectivity index (χ4n) is 7.97. The number of carboxylic acid groups (broad SMARTS) is 2. The maximum atomic E-state index is 10.2. The maximum Gasteiger partial charge on any atom is 2.00 e. The summed E-state index contributed by atoms with van der Waals surface area (Å²) in [6.07, 6.45) is 14.4. The average molecular weight is 1590 g/mol. The van der Waals surface area contributed by atoms with E-state index in [1.54, 1.807) is 110 Å². The molecule has 538 valence electrons. The third-order valence-electron chi connectivity index (χ3n) is 11.6. The number of fused-ring (bicyclic) bond motifs is 12. The first-order chi connectivity index (χ1) is 49.7. The van der Waals surface area contributed by atoms with Crippen LogP contribution in [0.3, 0.4) is 0 Å². The van der Waals surface area contributed by atoms with Gasteiger partial charge < -0.3 is 19.8 Å². The van der Waals surface area contributed by atoms with E-state index < -0.39 is 32.4 Å². The Morgan fingerprint density at radius 2 is 0.396 bits per heavy atom.